The molecule has 0 saturated heterocycles. The van der Waals surface area contributed by atoms with Gasteiger partial charge in [-0.25, -0.2) is 4.79 Å². The summed E-state index contributed by atoms with van der Waals surface area (Å²) < 4.78 is 44.5. The first-order valence-corrected chi connectivity index (χ1v) is 8.57. The zero-order valence-electron chi connectivity index (χ0n) is 13.9. The molecule has 27 heavy (non-hydrogen) atoms. The fourth-order valence-electron chi connectivity index (χ4n) is 2.78. The zero-order valence-corrected chi connectivity index (χ0v) is 15.4. The molecular formula is C19H13Cl2F3O3. The number of carboxylic acid groups (broad SMARTS) is 1. The molecule has 1 heterocycles. The molecule has 2 aromatic rings. The van der Waals surface area contributed by atoms with Crippen LogP contribution in [0.5, 0.6) is 5.75 Å². The Morgan fingerprint density at radius 2 is 1.89 bits per heavy atom. The summed E-state index contributed by atoms with van der Waals surface area (Å²) in [6.07, 6.45) is -6.11. The molecule has 142 valence electrons. The standard InChI is InChI=1S/C19H13Cl2F3O3/c1-9-2-3-10(5-14(9)20)4-11-8-16-12(7-15(11)21)6-13(18(25)26)17(27-16)19(22,23)24/h2-3,5-8,17H,4H2,1H3,(H,25,26). The third kappa shape index (κ3) is 4.06. The number of rotatable bonds is 3. The number of halogens is 5. The molecule has 0 amide bonds. The number of carboxylic acids is 1. The van der Waals surface area contributed by atoms with Gasteiger partial charge in [-0.15, -0.1) is 0 Å². The van der Waals surface area contributed by atoms with E-state index in [0.29, 0.717) is 22.0 Å². The van der Waals surface area contributed by atoms with E-state index in [-0.39, 0.29) is 11.3 Å². The average Bonchev–Trinajstić information content (AvgIpc) is 2.57. The van der Waals surface area contributed by atoms with Crippen molar-refractivity contribution >= 4 is 35.2 Å². The van der Waals surface area contributed by atoms with Crippen LogP contribution in [-0.2, 0) is 11.2 Å². The van der Waals surface area contributed by atoms with Crippen LogP contribution in [0.2, 0.25) is 10.0 Å². The summed E-state index contributed by atoms with van der Waals surface area (Å²) in [6.45, 7) is 1.86. The Kier molecular flexibility index (Phi) is 5.14. The number of aliphatic carboxylic acids is 1. The van der Waals surface area contributed by atoms with E-state index in [4.69, 9.17) is 33.0 Å². The van der Waals surface area contributed by atoms with Gasteiger partial charge in [0.1, 0.15) is 5.75 Å². The maximum absolute atomic E-state index is 13.2. The molecular weight excluding hydrogens is 404 g/mol. The Morgan fingerprint density at radius 1 is 1.19 bits per heavy atom. The van der Waals surface area contributed by atoms with Gasteiger partial charge in [0.15, 0.2) is 0 Å². The molecule has 1 aliphatic rings. The first kappa shape index (κ1) is 19.6. The number of ether oxygens (including phenoxy) is 1. The van der Waals surface area contributed by atoms with Crippen LogP contribution >= 0.6 is 23.2 Å². The summed E-state index contributed by atoms with van der Waals surface area (Å²) in [4.78, 5) is 11.2. The van der Waals surface area contributed by atoms with Crippen LogP contribution in [0.25, 0.3) is 6.08 Å². The number of alkyl halides is 3. The number of aryl methyl sites for hydroxylation is 1. The molecule has 1 unspecified atom stereocenters. The Balaban J connectivity index is 2.01. The first-order chi connectivity index (χ1) is 12.6. The van der Waals surface area contributed by atoms with Crippen LogP contribution in [0, 0.1) is 6.92 Å². The molecule has 0 bridgehead atoms. The molecule has 0 saturated carbocycles. The van der Waals surface area contributed by atoms with Crippen molar-refractivity contribution in [2.75, 3.05) is 0 Å². The number of benzene rings is 2. The SMILES string of the molecule is Cc1ccc(Cc2cc3c(cc2Cl)C=C(C(=O)O)C(C(F)(F)F)O3)cc1Cl. The van der Waals surface area contributed by atoms with Gasteiger partial charge in [0.2, 0.25) is 6.10 Å². The summed E-state index contributed by atoms with van der Waals surface area (Å²) in [6, 6.07) is 8.24. The molecule has 3 nitrogen and oxygen atoms in total. The minimum absolute atomic E-state index is 0.0695. The van der Waals surface area contributed by atoms with Crippen molar-refractivity contribution in [1.82, 2.24) is 0 Å². The van der Waals surface area contributed by atoms with Crippen molar-refractivity contribution in [2.45, 2.75) is 25.6 Å². The number of fused-ring (bicyclic) bond motifs is 1. The largest absolute Gasteiger partial charge is 0.478 e. The van der Waals surface area contributed by atoms with Gasteiger partial charge in [0.05, 0.1) is 5.57 Å². The van der Waals surface area contributed by atoms with Gasteiger partial charge in [-0.3, -0.25) is 0 Å². The molecule has 0 radical (unpaired) electrons. The molecule has 1 atom stereocenters. The van der Waals surface area contributed by atoms with E-state index in [1.807, 2.05) is 19.1 Å². The summed E-state index contributed by atoms with van der Waals surface area (Å²) >= 11 is 12.4. The Morgan fingerprint density at radius 3 is 2.48 bits per heavy atom. The van der Waals surface area contributed by atoms with Crippen molar-refractivity contribution in [3.05, 3.63) is 68.2 Å². The quantitative estimate of drug-likeness (QED) is 0.699. The third-order valence-corrected chi connectivity index (χ3v) is 4.95. The van der Waals surface area contributed by atoms with E-state index in [2.05, 4.69) is 0 Å². The van der Waals surface area contributed by atoms with Gasteiger partial charge < -0.3 is 9.84 Å². The highest BCUT2D eigenvalue weighted by atomic mass is 35.5. The summed E-state index contributed by atoms with van der Waals surface area (Å²) in [5, 5.41) is 9.94. The van der Waals surface area contributed by atoms with Crippen LogP contribution < -0.4 is 4.74 Å². The fourth-order valence-corrected chi connectivity index (χ4v) is 3.22. The van der Waals surface area contributed by atoms with Crippen molar-refractivity contribution in [3.8, 4) is 5.75 Å². The normalized spacial score (nSPS) is 16.4. The van der Waals surface area contributed by atoms with E-state index < -0.39 is 23.8 Å². The maximum Gasteiger partial charge on any atom is 0.430 e. The lowest BCUT2D eigenvalue weighted by molar-refractivity contribution is -0.187. The van der Waals surface area contributed by atoms with Crippen LogP contribution in [0.1, 0.15) is 22.3 Å². The van der Waals surface area contributed by atoms with Gasteiger partial charge in [-0.05, 0) is 54.3 Å². The van der Waals surface area contributed by atoms with Gasteiger partial charge in [-0.1, -0.05) is 35.3 Å². The molecule has 2 aromatic carbocycles. The molecule has 0 spiro atoms. The highest BCUT2D eigenvalue weighted by Crippen LogP contribution is 2.40. The molecule has 1 N–H and O–H groups in total. The topological polar surface area (TPSA) is 46.5 Å². The van der Waals surface area contributed by atoms with Crippen LogP contribution in [0.3, 0.4) is 0 Å². The van der Waals surface area contributed by atoms with E-state index in [9.17, 15) is 18.0 Å². The van der Waals surface area contributed by atoms with E-state index >= 15 is 0 Å². The summed E-state index contributed by atoms with van der Waals surface area (Å²) in [5.41, 5.74) is 1.58. The lowest BCUT2D eigenvalue weighted by atomic mass is 9.97. The predicted octanol–water partition coefficient (Wildman–Crippen LogP) is 5.68. The van der Waals surface area contributed by atoms with E-state index in [0.717, 1.165) is 17.2 Å². The van der Waals surface area contributed by atoms with Gasteiger partial charge in [-0.2, -0.15) is 13.2 Å². The summed E-state index contributed by atoms with van der Waals surface area (Å²) in [5.74, 6) is -1.77. The van der Waals surface area contributed by atoms with Gasteiger partial charge in [0, 0.05) is 15.6 Å². The predicted molar refractivity (Wildman–Crippen MR) is 96.5 cm³/mol. The maximum atomic E-state index is 13.2. The smallest absolute Gasteiger partial charge is 0.430 e. The second kappa shape index (κ2) is 7.09. The number of hydrogen-bond acceptors (Lipinski definition) is 2. The molecule has 0 aliphatic carbocycles. The van der Waals surface area contributed by atoms with Crippen molar-refractivity contribution in [3.63, 3.8) is 0 Å². The Bertz CT molecular complexity index is 952. The Hall–Kier alpha value is -2.18. The van der Waals surface area contributed by atoms with Crippen molar-refractivity contribution in [2.24, 2.45) is 0 Å². The third-order valence-electron chi connectivity index (χ3n) is 4.19. The monoisotopic (exact) mass is 416 g/mol. The van der Waals surface area contributed by atoms with E-state index in [1.54, 1.807) is 6.07 Å². The second-order valence-electron chi connectivity index (χ2n) is 6.19. The molecule has 3 rings (SSSR count). The van der Waals surface area contributed by atoms with Crippen molar-refractivity contribution in [1.29, 1.82) is 0 Å². The van der Waals surface area contributed by atoms with Crippen LogP contribution in [0.4, 0.5) is 13.2 Å². The highest BCUT2D eigenvalue weighted by Gasteiger charge is 2.48. The summed E-state index contributed by atoms with van der Waals surface area (Å²) in [7, 11) is 0. The Labute approximate surface area is 163 Å². The molecule has 0 fully saturated rings. The lowest BCUT2D eigenvalue weighted by Gasteiger charge is -2.27. The van der Waals surface area contributed by atoms with Crippen LogP contribution in [0.15, 0.2) is 35.9 Å². The van der Waals surface area contributed by atoms with Gasteiger partial charge >= 0.3 is 12.1 Å². The van der Waals surface area contributed by atoms with E-state index in [1.165, 1.54) is 12.1 Å². The lowest BCUT2D eigenvalue weighted by Crippen LogP contribution is -2.40. The molecule has 0 aromatic heterocycles. The van der Waals surface area contributed by atoms with Crippen LogP contribution in [-0.4, -0.2) is 23.4 Å². The van der Waals surface area contributed by atoms with Gasteiger partial charge in [0.25, 0.3) is 0 Å². The fraction of sp³-hybridized carbons (Fsp3) is 0.211. The molecule has 8 heteroatoms. The second-order valence-corrected chi connectivity index (χ2v) is 7.00. The minimum atomic E-state index is -4.85. The first-order valence-electron chi connectivity index (χ1n) is 7.82. The molecule has 1 aliphatic heterocycles. The zero-order chi connectivity index (χ0) is 19.9. The average molecular weight is 417 g/mol. The number of hydrogen-bond donors (Lipinski definition) is 1. The number of carbonyl (C=O) groups is 1. The van der Waals surface area contributed by atoms with Crippen molar-refractivity contribution < 1.29 is 27.8 Å². The highest BCUT2D eigenvalue weighted by molar-refractivity contribution is 6.32. The minimum Gasteiger partial charge on any atom is -0.478 e.